The summed E-state index contributed by atoms with van der Waals surface area (Å²) in [6, 6.07) is 3.35. The van der Waals surface area contributed by atoms with Crippen molar-refractivity contribution in [3.05, 3.63) is 24.2 Å². The first-order chi connectivity index (χ1) is 7.03. The maximum absolute atomic E-state index is 11.9. The van der Waals surface area contributed by atoms with Crippen molar-refractivity contribution in [1.29, 1.82) is 0 Å². The Balaban J connectivity index is 2.36. The zero-order chi connectivity index (χ0) is 11.3. The normalized spacial score (nSPS) is 14.1. The van der Waals surface area contributed by atoms with Crippen LogP contribution in [0.3, 0.4) is 0 Å². The van der Waals surface area contributed by atoms with E-state index in [1.165, 1.54) is 6.26 Å². The summed E-state index contributed by atoms with van der Waals surface area (Å²) >= 11 is 0. The topological polar surface area (TPSA) is 25.2 Å². The third-order valence-electron chi connectivity index (χ3n) is 2.09. The van der Waals surface area contributed by atoms with Gasteiger partial charge in [-0.2, -0.15) is 13.2 Å². The van der Waals surface area contributed by atoms with Gasteiger partial charge in [-0.3, -0.25) is 0 Å². The number of hydrogen-bond donors (Lipinski definition) is 1. The van der Waals surface area contributed by atoms with Crippen molar-refractivity contribution in [1.82, 2.24) is 5.32 Å². The fraction of sp³-hybridized carbons (Fsp3) is 0.600. The lowest BCUT2D eigenvalue weighted by molar-refractivity contribution is -0.133. The Morgan fingerprint density at radius 2 is 2.20 bits per heavy atom. The minimum Gasteiger partial charge on any atom is -0.468 e. The molecule has 86 valence electrons. The molecule has 2 nitrogen and oxygen atoms in total. The van der Waals surface area contributed by atoms with Crippen LogP contribution in [-0.2, 0) is 0 Å². The molecule has 0 saturated carbocycles. The summed E-state index contributed by atoms with van der Waals surface area (Å²) in [5, 5.41) is 2.81. The molecule has 1 rings (SSSR count). The summed E-state index contributed by atoms with van der Waals surface area (Å²) in [5.41, 5.74) is 0. The summed E-state index contributed by atoms with van der Waals surface area (Å²) in [5.74, 6) is 0.680. The summed E-state index contributed by atoms with van der Waals surface area (Å²) < 4.78 is 40.8. The van der Waals surface area contributed by atoms with E-state index in [-0.39, 0.29) is 12.6 Å². The Bertz CT molecular complexity index is 269. The third-order valence-corrected chi connectivity index (χ3v) is 2.09. The van der Waals surface area contributed by atoms with Crippen LogP contribution < -0.4 is 5.32 Å². The van der Waals surface area contributed by atoms with E-state index in [2.05, 4.69) is 5.32 Å². The molecule has 0 aromatic carbocycles. The van der Waals surface area contributed by atoms with Crippen LogP contribution in [0.15, 0.2) is 22.8 Å². The number of halogens is 3. The first kappa shape index (κ1) is 12.1. The molecule has 0 aliphatic rings. The van der Waals surface area contributed by atoms with Crippen LogP contribution in [0, 0.1) is 0 Å². The second-order valence-electron chi connectivity index (χ2n) is 3.30. The van der Waals surface area contributed by atoms with E-state index in [0.717, 1.165) is 0 Å². The molecular formula is C10H14F3NO. The molecule has 0 bridgehead atoms. The SMILES string of the molecule is CCC(NCCC(F)(F)F)c1ccco1. The average Bonchev–Trinajstić information content (AvgIpc) is 2.63. The van der Waals surface area contributed by atoms with Gasteiger partial charge in [-0.25, -0.2) is 0 Å². The fourth-order valence-corrected chi connectivity index (χ4v) is 1.32. The highest BCUT2D eigenvalue weighted by Gasteiger charge is 2.26. The quantitative estimate of drug-likeness (QED) is 0.825. The van der Waals surface area contributed by atoms with E-state index in [1.54, 1.807) is 12.1 Å². The fourth-order valence-electron chi connectivity index (χ4n) is 1.32. The van der Waals surface area contributed by atoms with Crippen molar-refractivity contribution in [3.63, 3.8) is 0 Å². The molecule has 0 amide bonds. The highest BCUT2D eigenvalue weighted by atomic mass is 19.4. The number of hydrogen-bond acceptors (Lipinski definition) is 2. The van der Waals surface area contributed by atoms with Crippen LogP contribution >= 0.6 is 0 Å². The van der Waals surface area contributed by atoms with Crippen LogP contribution in [0.25, 0.3) is 0 Å². The first-order valence-corrected chi connectivity index (χ1v) is 4.86. The number of alkyl halides is 3. The van der Waals surface area contributed by atoms with Gasteiger partial charge in [-0.1, -0.05) is 6.92 Å². The van der Waals surface area contributed by atoms with Gasteiger partial charge in [0, 0.05) is 6.54 Å². The van der Waals surface area contributed by atoms with Gasteiger partial charge >= 0.3 is 6.18 Å². The highest BCUT2D eigenvalue weighted by molar-refractivity contribution is 5.03. The molecule has 0 fully saturated rings. The maximum atomic E-state index is 11.9. The Labute approximate surface area is 86.5 Å². The molecule has 0 aliphatic heterocycles. The van der Waals surface area contributed by atoms with Gasteiger partial charge < -0.3 is 9.73 Å². The Hall–Kier alpha value is -0.970. The molecular weight excluding hydrogens is 207 g/mol. The summed E-state index contributed by atoms with van der Waals surface area (Å²) in [4.78, 5) is 0. The highest BCUT2D eigenvalue weighted by Crippen LogP contribution is 2.21. The number of rotatable bonds is 5. The second-order valence-corrected chi connectivity index (χ2v) is 3.30. The molecule has 1 heterocycles. The summed E-state index contributed by atoms with van der Waals surface area (Å²) in [6.45, 7) is 1.82. The molecule has 0 radical (unpaired) electrons. The van der Waals surface area contributed by atoms with Crippen LogP contribution in [0.2, 0.25) is 0 Å². The maximum Gasteiger partial charge on any atom is 0.390 e. The molecule has 1 aromatic rings. The van der Waals surface area contributed by atoms with Gasteiger partial charge in [0.1, 0.15) is 5.76 Å². The van der Waals surface area contributed by atoms with Crippen LogP contribution in [0.5, 0.6) is 0 Å². The van der Waals surface area contributed by atoms with E-state index >= 15 is 0 Å². The molecule has 0 aliphatic carbocycles. The van der Waals surface area contributed by atoms with Crippen molar-refractivity contribution in [2.75, 3.05) is 6.54 Å². The molecule has 1 unspecified atom stereocenters. The summed E-state index contributed by atoms with van der Waals surface area (Å²) in [6.07, 6.45) is -2.70. The first-order valence-electron chi connectivity index (χ1n) is 4.86. The van der Waals surface area contributed by atoms with Gasteiger partial charge in [0.05, 0.1) is 18.7 Å². The molecule has 5 heteroatoms. The van der Waals surface area contributed by atoms with E-state index in [1.807, 2.05) is 6.92 Å². The lowest BCUT2D eigenvalue weighted by Crippen LogP contribution is -2.25. The Morgan fingerprint density at radius 1 is 1.47 bits per heavy atom. The molecule has 1 aromatic heterocycles. The Morgan fingerprint density at radius 3 is 2.67 bits per heavy atom. The molecule has 15 heavy (non-hydrogen) atoms. The molecule has 1 N–H and O–H groups in total. The third kappa shape index (κ3) is 4.38. The molecule has 0 saturated heterocycles. The van der Waals surface area contributed by atoms with Gasteiger partial charge in [0.15, 0.2) is 0 Å². The van der Waals surface area contributed by atoms with E-state index in [0.29, 0.717) is 12.2 Å². The second kappa shape index (κ2) is 5.21. The minimum atomic E-state index is -4.10. The monoisotopic (exact) mass is 221 g/mol. The van der Waals surface area contributed by atoms with Gasteiger partial charge in [0.2, 0.25) is 0 Å². The van der Waals surface area contributed by atoms with E-state index in [9.17, 15) is 13.2 Å². The zero-order valence-corrected chi connectivity index (χ0v) is 8.47. The van der Waals surface area contributed by atoms with Gasteiger partial charge in [-0.15, -0.1) is 0 Å². The number of furan rings is 1. The van der Waals surface area contributed by atoms with Crippen LogP contribution in [0.1, 0.15) is 31.6 Å². The van der Waals surface area contributed by atoms with Gasteiger partial charge in [0.25, 0.3) is 0 Å². The Kier molecular flexibility index (Phi) is 4.20. The molecule has 1 atom stereocenters. The predicted octanol–water partition coefficient (Wildman–Crippen LogP) is 3.27. The lowest BCUT2D eigenvalue weighted by atomic mass is 10.1. The van der Waals surface area contributed by atoms with Crippen molar-refractivity contribution < 1.29 is 17.6 Å². The zero-order valence-electron chi connectivity index (χ0n) is 8.47. The van der Waals surface area contributed by atoms with Crippen LogP contribution in [-0.4, -0.2) is 12.7 Å². The smallest absolute Gasteiger partial charge is 0.390 e. The van der Waals surface area contributed by atoms with E-state index in [4.69, 9.17) is 4.42 Å². The van der Waals surface area contributed by atoms with Crippen molar-refractivity contribution in [2.45, 2.75) is 32.0 Å². The lowest BCUT2D eigenvalue weighted by Gasteiger charge is -2.15. The minimum absolute atomic E-state index is 0.0806. The summed E-state index contributed by atoms with van der Waals surface area (Å²) in [7, 11) is 0. The standard InChI is InChI=1S/C10H14F3NO/c1-2-8(9-4-3-7-15-9)14-6-5-10(11,12)13/h3-4,7-8,14H,2,5-6H2,1H3. The number of nitrogens with one attached hydrogen (secondary N) is 1. The molecule has 0 spiro atoms. The van der Waals surface area contributed by atoms with Crippen LogP contribution in [0.4, 0.5) is 13.2 Å². The van der Waals surface area contributed by atoms with Crippen molar-refractivity contribution >= 4 is 0 Å². The van der Waals surface area contributed by atoms with Crippen molar-refractivity contribution in [3.8, 4) is 0 Å². The predicted molar refractivity (Wildman–Crippen MR) is 50.4 cm³/mol. The van der Waals surface area contributed by atoms with Crippen molar-refractivity contribution in [2.24, 2.45) is 0 Å². The average molecular weight is 221 g/mol. The van der Waals surface area contributed by atoms with E-state index < -0.39 is 12.6 Å². The largest absolute Gasteiger partial charge is 0.468 e. The van der Waals surface area contributed by atoms with Gasteiger partial charge in [-0.05, 0) is 18.6 Å².